The topological polar surface area (TPSA) is 497 Å². The van der Waals surface area contributed by atoms with E-state index in [1.54, 1.807) is 58.2 Å². The van der Waals surface area contributed by atoms with E-state index in [0.29, 0.717) is 43.4 Å². The van der Waals surface area contributed by atoms with Crippen LogP contribution in [-0.4, -0.2) is 218 Å². The van der Waals surface area contributed by atoms with Crippen LogP contribution in [0.4, 0.5) is 51.5 Å². The number of nitro benzene ring substituents is 1. The van der Waals surface area contributed by atoms with Crippen LogP contribution in [0.15, 0.2) is 154 Å². The Hall–Kier alpha value is -13.7. The normalized spacial score (nSPS) is 18.1. The lowest BCUT2D eigenvalue weighted by molar-refractivity contribution is -0.387. The van der Waals surface area contributed by atoms with Crippen molar-refractivity contribution in [3.05, 3.63) is 186 Å². The Bertz CT molecular complexity index is 4530. The Morgan fingerprint density at radius 2 is 1.05 bits per heavy atom. The summed E-state index contributed by atoms with van der Waals surface area (Å²) in [6.07, 6.45) is -6.87. The van der Waals surface area contributed by atoms with E-state index >= 15 is 0 Å². The Morgan fingerprint density at radius 1 is 0.570 bits per heavy atom. The summed E-state index contributed by atoms with van der Waals surface area (Å²) in [5.74, 6) is -5.15. The number of carboxylic acid groups (broad SMARTS) is 1. The number of nitro groups is 1. The molecule has 121 heavy (non-hydrogen) atoms. The van der Waals surface area contributed by atoms with Crippen molar-refractivity contribution in [2.45, 2.75) is 141 Å². The number of carboxylic acids is 1. The molecule has 8 N–H and O–H groups in total. The van der Waals surface area contributed by atoms with Crippen LogP contribution in [0.2, 0.25) is 0 Å². The lowest BCUT2D eigenvalue weighted by Crippen LogP contribution is -2.70. The maximum atomic E-state index is 14.5. The van der Waals surface area contributed by atoms with Gasteiger partial charge in [-0.3, -0.25) is 39.9 Å². The third kappa shape index (κ3) is 26.2. The molecule has 4 aromatic carbocycles. The van der Waals surface area contributed by atoms with E-state index in [1.165, 1.54) is 73.6 Å². The molecule has 4 unspecified atom stereocenters. The second-order valence-electron chi connectivity index (χ2n) is 27.5. The van der Waals surface area contributed by atoms with Crippen LogP contribution < -0.4 is 50.3 Å². The van der Waals surface area contributed by atoms with Gasteiger partial charge in [-0.05, 0) is 100 Å². The lowest BCUT2D eigenvalue weighted by atomic mass is 9.83. The largest absolute Gasteiger partial charge is 0.509 e. The highest BCUT2D eigenvalue weighted by atomic mass is 16.8. The number of methoxy groups -OCH3 is 2. The van der Waals surface area contributed by atoms with Crippen molar-refractivity contribution in [2.24, 2.45) is 5.92 Å². The third-order valence-electron chi connectivity index (χ3n) is 18.2. The van der Waals surface area contributed by atoms with Crippen LogP contribution in [-0.2, 0) is 75.0 Å². The van der Waals surface area contributed by atoms with Crippen molar-refractivity contribution in [1.82, 2.24) is 20.4 Å². The molecule has 652 valence electrons. The van der Waals surface area contributed by atoms with Crippen LogP contribution in [0.1, 0.15) is 105 Å². The Labute approximate surface area is 695 Å². The van der Waals surface area contributed by atoms with Gasteiger partial charge in [0.15, 0.2) is 41.0 Å². The molecule has 39 heteroatoms. The Balaban J connectivity index is 1.05. The molecule has 0 saturated carbocycles. The first kappa shape index (κ1) is 94.5. The molecule has 39 nitrogen and oxygen atoms in total. The van der Waals surface area contributed by atoms with Gasteiger partial charge in [-0.1, -0.05) is 99.9 Å². The number of anilines is 3. The zero-order chi connectivity index (χ0) is 88.6. The van der Waals surface area contributed by atoms with Crippen LogP contribution in [0.5, 0.6) is 28.7 Å². The molecule has 4 aromatic rings. The molecule has 0 radical (unpaired) electrons. The summed E-state index contributed by atoms with van der Waals surface area (Å²) in [6, 6.07) is 11.3. The summed E-state index contributed by atoms with van der Waals surface area (Å²) in [4.78, 5) is 162. The highest BCUT2D eigenvalue weighted by molar-refractivity contribution is 6.06. The number of benzene rings is 4. The van der Waals surface area contributed by atoms with E-state index in [1.807, 2.05) is 0 Å². The molecular weight excluding hydrogens is 1590 g/mol. The average molecular weight is 1690 g/mol. The number of hydrogen-bond donors (Lipinski definition) is 8. The fourth-order valence-electron chi connectivity index (χ4n) is 12.4. The highest BCUT2D eigenvalue weighted by Gasteiger charge is 2.65. The summed E-state index contributed by atoms with van der Waals surface area (Å²) in [7, 11) is 2.67. The van der Waals surface area contributed by atoms with Gasteiger partial charge in [-0.2, -0.15) is 0 Å². The van der Waals surface area contributed by atoms with E-state index in [-0.39, 0.29) is 90.0 Å². The van der Waals surface area contributed by atoms with E-state index in [4.69, 9.17) is 71.1 Å². The number of unbranched alkanes of at least 4 members (excludes halogenated alkanes) is 2. The number of aliphatic hydroxyl groups excluding tert-OH is 2. The smallest absolute Gasteiger partial charge is 0.493 e. The van der Waals surface area contributed by atoms with E-state index in [0.717, 1.165) is 47.6 Å². The van der Waals surface area contributed by atoms with Crippen LogP contribution in [0.3, 0.4) is 0 Å². The maximum absolute atomic E-state index is 14.5. The van der Waals surface area contributed by atoms with Gasteiger partial charge in [0, 0.05) is 42.7 Å². The SMILES string of the molecule is C=CCOC(=O)NC(C(=O)NC(C)C(=O)Nc1ccc(COC(=O)Nc2cc(OCCCCCOc3cc(NC(=O)OCc4ccc(O[C@H]5O[C@](CC=C)(C(=O)O)[C@@H](OC(=O)OCC=C)[C@H](OC(=O)OCC=C)[C@H]5OC(=O)OCC=C)c([N+](=O)[O-])c4)c(C(=O)N4C=C(C)CC4CO)cc3OC)c(OC)cc2C(=O)N2C=C(C)CC2CO)cc1)C(C)C. The minimum atomic E-state index is -2.89. The van der Waals surface area contributed by atoms with Gasteiger partial charge in [0.05, 0.1) is 80.2 Å². The van der Waals surface area contributed by atoms with Crippen LogP contribution in [0, 0.1) is 16.0 Å². The summed E-state index contributed by atoms with van der Waals surface area (Å²) in [5, 5.41) is 57.3. The second kappa shape index (κ2) is 45.9. The number of amides is 7. The van der Waals surface area contributed by atoms with Crippen LogP contribution >= 0.6 is 0 Å². The molecule has 1 fully saturated rings. The molecule has 7 amide bonds. The number of nitrogens with one attached hydrogen (secondary N) is 5. The van der Waals surface area contributed by atoms with Crippen LogP contribution in [0.25, 0.3) is 0 Å². The number of nitrogens with zero attached hydrogens (tertiary/aromatic N) is 3. The van der Waals surface area contributed by atoms with Crippen molar-refractivity contribution < 1.29 is 144 Å². The number of hydrogen-bond acceptors (Lipinski definition) is 30. The van der Waals surface area contributed by atoms with Gasteiger partial charge in [-0.15, -0.1) is 6.58 Å². The summed E-state index contributed by atoms with van der Waals surface area (Å²) >= 11 is 0. The number of rotatable bonds is 43. The molecule has 3 heterocycles. The van der Waals surface area contributed by atoms with Crippen molar-refractivity contribution in [3.8, 4) is 28.7 Å². The maximum Gasteiger partial charge on any atom is 0.509 e. The first-order valence-corrected chi connectivity index (χ1v) is 37.7. The predicted octanol–water partition coefficient (Wildman–Crippen LogP) is 10.6. The number of aliphatic hydroxyl groups is 2. The number of aliphatic carboxylic acids is 1. The molecule has 0 bridgehead atoms. The zero-order valence-corrected chi connectivity index (χ0v) is 67.6. The number of ether oxygens (including phenoxy) is 15. The first-order valence-electron chi connectivity index (χ1n) is 37.7. The minimum Gasteiger partial charge on any atom is -0.493 e. The van der Waals surface area contributed by atoms with E-state index in [9.17, 15) is 78.2 Å². The molecular formula is C82H98N8O31. The zero-order valence-electron chi connectivity index (χ0n) is 67.6. The molecule has 1 saturated heterocycles. The Morgan fingerprint density at radius 3 is 1.51 bits per heavy atom. The summed E-state index contributed by atoms with van der Waals surface area (Å²) in [5.41, 5.74) is -1.88. The standard InChI is InChI=1S/C82H98N8O31/c1-13-27-82(75(97)98)69(120-81(104)114-31-17-5)67(118-79(102)112-29-15-3)68(119-80(103)113-30-16-4)74(121-82)117-61-26-23-52(36-60(61)90(105)106)46-116-77(100)86-59-40-65(63(108-12)38-57(59)73(96)89-42-49(9)35-55(89)44-92)110-33-20-18-19-32-109-64-39-58(56(37-62(64)107-11)72(95)88-41-48(8)34-54(88)43-91)85-76(99)115-45-51-21-24-53(25-22-51)84-70(93)50(10)83-71(94)66(47(6)7)87-78(101)111-28-14-2/h13-17,21-26,36-42,47,50,54-55,66-69,74,91-92H,1-5,18-20,27-35,43-46H2,6-12H3,(H,83,94)(H,84,93)(H,85,99)(H,86,100)(H,87,101)(H,97,98)/t50?,54?,55?,66?,67-,68-,69+,74+,82+/m1/s1. The molecule has 7 rings (SSSR count). The Kier molecular flexibility index (Phi) is 35.8. The molecule has 9 atom stereocenters. The monoisotopic (exact) mass is 1690 g/mol. The quantitative estimate of drug-likeness (QED) is 0.00509. The molecule has 0 aromatic heterocycles. The van der Waals surface area contributed by atoms with Crippen molar-refractivity contribution in [1.29, 1.82) is 0 Å². The highest BCUT2D eigenvalue weighted by Crippen LogP contribution is 2.43. The summed E-state index contributed by atoms with van der Waals surface area (Å²) < 4.78 is 83.1. The van der Waals surface area contributed by atoms with Crippen molar-refractivity contribution in [2.75, 3.05) is 83.0 Å². The molecule has 3 aliphatic rings. The van der Waals surface area contributed by atoms with Gasteiger partial charge in [0.25, 0.3) is 11.8 Å². The predicted molar refractivity (Wildman–Crippen MR) is 428 cm³/mol. The number of carbonyl (C=O) groups is 11. The fourth-order valence-corrected chi connectivity index (χ4v) is 12.4. The third-order valence-corrected chi connectivity index (χ3v) is 18.2. The minimum absolute atomic E-state index is 0.0133. The van der Waals surface area contributed by atoms with Gasteiger partial charge in [-0.25, -0.2) is 33.6 Å². The first-order chi connectivity index (χ1) is 57.9. The second-order valence-corrected chi connectivity index (χ2v) is 27.5. The number of alkyl carbamates (subject to hydrolysis) is 1. The van der Waals surface area contributed by atoms with Gasteiger partial charge in [0.1, 0.15) is 51.7 Å². The van der Waals surface area contributed by atoms with E-state index < -0.39 is 177 Å². The lowest BCUT2D eigenvalue weighted by Gasteiger charge is -2.48. The average Bonchev–Trinajstić information content (AvgIpc) is 1.30. The van der Waals surface area contributed by atoms with Gasteiger partial charge < -0.3 is 112 Å². The molecule has 0 spiro atoms. The summed E-state index contributed by atoms with van der Waals surface area (Å²) in [6.45, 7) is 22.6. The fraction of sp³-hybridized carbons (Fsp3) is 0.402. The van der Waals surface area contributed by atoms with E-state index in [2.05, 4.69) is 59.5 Å². The van der Waals surface area contributed by atoms with Gasteiger partial charge >= 0.3 is 48.4 Å². The number of carbonyl (C=O) groups excluding carboxylic acids is 10. The van der Waals surface area contributed by atoms with Crippen molar-refractivity contribution >= 4 is 89.1 Å². The van der Waals surface area contributed by atoms with Crippen molar-refractivity contribution in [3.63, 3.8) is 0 Å². The van der Waals surface area contributed by atoms with Gasteiger partial charge in [0.2, 0.25) is 29.8 Å². The molecule has 3 aliphatic heterocycles. The molecule has 0 aliphatic carbocycles.